The van der Waals surface area contributed by atoms with E-state index in [1.807, 2.05) is 97.1 Å². The molecule has 0 heterocycles. The summed E-state index contributed by atoms with van der Waals surface area (Å²) < 4.78 is 0. The second-order valence-corrected chi connectivity index (χ2v) is 14.2. The average molecular weight is 674 g/mol. The smallest absolute Gasteiger partial charge is 0.141 e. The Bertz CT molecular complexity index is 1440. The largest absolute Gasteiger partial charge is 0.507 e. The molecule has 0 aliphatic heterocycles. The van der Waals surface area contributed by atoms with Gasteiger partial charge in [-0.3, -0.25) is 4.99 Å². The van der Waals surface area contributed by atoms with Crippen LogP contribution >= 0.6 is 0 Å². The number of aliphatic hydroxyl groups excluding tert-OH is 2. The van der Waals surface area contributed by atoms with Crippen molar-refractivity contribution in [2.45, 2.75) is 104 Å². The van der Waals surface area contributed by atoms with Gasteiger partial charge in [0.1, 0.15) is 17.4 Å². The Balaban J connectivity index is 0.00000110. The van der Waals surface area contributed by atoms with Crippen molar-refractivity contribution in [2.75, 3.05) is 0 Å². The predicted molar refractivity (Wildman–Crippen MR) is 193 cm³/mol. The van der Waals surface area contributed by atoms with Crippen molar-refractivity contribution in [1.82, 2.24) is 0 Å². The number of nitrogens with zero attached hydrogens (tertiary/aromatic N) is 1. The van der Waals surface area contributed by atoms with Gasteiger partial charge in [-0.2, -0.15) is 0 Å². The van der Waals surface area contributed by atoms with Gasteiger partial charge < -0.3 is 20.4 Å². The monoisotopic (exact) mass is 673 g/mol. The van der Waals surface area contributed by atoms with Crippen LogP contribution in [0.1, 0.15) is 109 Å². The number of benzene rings is 4. The van der Waals surface area contributed by atoms with Crippen LogP contribution in [0.2, 0.25) is 0 Å². The standard InChI is InChI=1S/C35H39NO2.2C3H8O.Ti/c1-33(2,3)29-22-26(31(37)30(23-29)34(4,5)6)24-36-32(25-16-10-7-11-17-25)35(38,27-18-12-8-13-19-27)28-20-14-9-15-21-28;2*1-3(2)4;/h7-24,32,37-38H,1-6H3;2*3-4H,1-2H3;/t32-;;;/m1.../s1. The van der Waals surface area contributed by atoms with E-state index in [1.54, 1.807) is 33.9 Å². The van der Waals surface area contributed by atoms with E-state index >= 15 is 0 Å². The Hall–Kier alpha value is -3.06. The van der Waals surface area contributed by atoms with Crippen LogP contribution in [-0.2, 0) is 38.1 Å². The van der Waals surface area contributed by atoms with Gasteiger partial charge in [-0.25, -0.2) is 0 Å². The molecule has 0 aliphatic carbocycles. The number of phenols is 1. The first-order valence-electron chi connectivity index (χ1n) is 16.0. The molecule has 0 saturated carbocycles. The maximum Gasteiger partial charge on any atom is 0.141 e. The predicted octanol–water partition coefficient (Wildman–Crippen LogP) is 8.86. The fourth-order valence-electron chi connectivity index (χ4n) is 4.85. The Morgan fingerprint density at radius 1 is 0.596 bits per heavy atom. The molecule has 4 rings (SSSR count). The molecule has 252 valence electrons. The molecule has 0 saturated heterocycles. The zero-order chi connectivity index (χ0) is 34.7. The quantitative estimate of drug-likeness (QED) is 0.122. The minimum atomic E-state index is -1.44. The maximum absolute atomic E-state index is 12.6. The van der Waals surface area contributed by atoms with Crippen LogP contribution in [-0.4, -0.2) is 38.8 Å². The van der Waals surface area contributed by atoms with E-state index < -0.39 is 11.6 Å². The number of hydrogen-bond donors (Lipinski definition) is 4. The van der Waals surface area contributed by atoms with Crippen molar-refractivity contribution in [2.24, 2.45) is 4.99 Å². The number of hydrogen-bond acceptors (Lipinski definition) is 5. The Morgan fingerprint density at radius 2 is 0.979 bits per heavy atom. The Kier molecular flexibility index (Phi) is 16.5. The molecule has 0 amide bonds. The summed E-state index contributed by atoms with van der Waals surface area (Å²) in [7, 11) is 0. The first-order valence-corrected chi connectivity index (χ1v) is 16.0. The molecule has 1 atom stereocenters. The minimum Gasteiger partial charge on any atom is -0.507 e. The van der Waals surface area contributed by atoms with Gasteiger partial charge in [-0.05, 0) is 66.8 Å². The third-order valence-electron chi connectivity index (χ3n) is 7.11. The number of aromatic hydroxyl groups is 1. The average Bonchev–Trinajstić information content (AvgIpc) is 2.97. The molecule has 4 aromatic rings. The Morgan fingerprint density at radius 3 is 1.34 bits per heavy atom. The summed E-state index contributed by atoms with van der Waals surface area (Å²) in [6.45, 7) is 19.7. The van der Waals surface area contributed by atoms with E-state index in [4.69, 9.17) is 15.2 Å². The summed E-state index contributed by atoms with van der Waals surface area (Å²) >= 11 is 0. The molecule has 47 heavy (non-hydrogen) atoms. The fraction of sp³-hybridized carbons (Fsp3) is 0.390. The van der Waals surface area contributed by atoms with Crippen LogP contribution in [0.15, 0.2) is 108 Å². The molecule has 5 nitrogen and oxygen atoms in total. The second kappa shape index (κ2) is 18.5. The zero-order valence-corrected chi connectivity index (χ0v) is 31.4. The summed E-state index contributed by atoms with van der Waals surface area (Å²) in [5, 5.41) is 40.1. The fourth-order valence-corrected chi connectivity index (χ4v) is 4.85. The van der Waals surface area contributed by atoms with Crippen molar-refractivity contribution < 1.29 is 42.1 Å². The molecule has 0 aliphatic rings. The molecule has 0 unspecified atom stereocenters. The van der Waals surface area contributed by atoms with Crippen molar-refractivity contribution in [1.29, 1.82) is 0 Å². The van der Waals surface area contributed by atoms with Gasteiger partial charge in [0.25, 0.3) is 0 Å². The van der Waals surface area contributed by atoms with Gasteiger partial charge >= 0.3 is 0 Å². The molecule has 0 aromatic heterocycles. The summed E-state index contributed by atoms with van der Waals surface area (Å²) in [6.07, 6.45) is 1.40. The van der Waals surface area contributed by atoms with Crippen molar-refractivity contribution in [3.8, 4) is 5.75 Å². The van der Waals surface area contributed by atoms with E-state index in [2.05, 4.69) is 47.6 Å². The van der Waals surface area contributed by atoms with E-state index in [9.17, 15) is 10.2 Å². The summed E-state index contributed by atoms with van der Waals surface area (Å²) in [5.41, 5.74) is 3.23. The third kappa shape index (κ3) is 12.5. The molecule has 4 aromatic carbocycles. The minimum absolute atomic E-state index is 0. The molecule has 4 N–H and O–H groups in total. The molecule has 6 heteroatoms. The van der Waals surface area contributed by atoms with Crippen LogP contribution in [0, 0.1) is 0 Å². The number of phenolic OH excluding ortho intramolecular Hbond substituents is 1. The van der Waals surface area contributed by atoms with Crippen LogP contribution in [0.4, 0.5) is 0 Å². The van der Waals surface area contributed by atoms with Gasteiger partial charge in [-0.1, -0.05) is 139 Å². The van der Waals surface area contributed by atoms with Crippen LogP contribution in [0.25, 0.3) is 0 Å². The number of aliphatic imine (C=N–C) groups is 1. The van der Waals surface area contributed by atoms with E-state index in [-0.39, 0.29) is 50.5 Å². The SMILES string of the molecule is CC(C)(C)c1cc(C=N[C@H](c2ccccc2)C(O)(c2ccccc2)c2ccccc2)c(O)c(C(C)(C)C)c1.CC(C)O.CC(C)O.[Ti]. The van der Waals surface area contributed by atoms with Gasteiger partial charge in [-0.15, -0.1) is 0 Å². The van der Waals surface area contributed by atoms with Crippen LogP contribution in [0.5, 0.6) is 5.75 Å². The first-order chi connectivity index (χ1) is 21.4. The topological polar surface area (TPSA) is 93.3 Å². The summed E-state index contributed by atoms with van der Waals surface area (Å²) in [4.78, 5) is 5.06. The van der Waals surface area contributed by atoms with Gasteiger partial charge in [0.05, 0.1) is 0 Å². The molecule has 0 spiro atoms. The molecule has 0 radical (unpaired) electrons. The van der Waals surface area contributed by atoms with E-state index in [0.717, 1.165) is 27.8 Å². The van der Waals surface area contributed by atoms with Crippen LogP contribution < -0.4 is 0 Å². The Labute approximate surface area is 298 Å². The molecule has 0 fully saturated rings. The summed E-state index contributed by atoms with van der Waals surface area (Å²) in [6, 6.07) is 32.7. The first kappa shape index (κ1) is 42.0. The van der Waals surface area contributed by atoms with E-state index in [0.29, 0.717) is 5.56 Å². The van der Waals surface area contributed by atoms with Gasteiger partial charge in [0.2, 0.25) is 0 Å². The molecule has 0 bridgehead atoms. The van der Waals surface area contributed by atoms with E-state index in [1.165, 1.54) is 0 Å². The zero-order valence-electron chi connectivity index (χ0n) is 29.9. The van der Waals surface area contributed by atoms with Gasteiger partial charge in [0.15, 0.2) is 0 Å². The number of rotatable bonds is 6. The van der Waals surface area contributed by atoms with Crippen LogP contribution in [0.3, 0.4) is 0 Å². The molecular weight excluding hydrogens is 618 g/mol. The normalized spacial score (nSPS) is 12.5. The third-order valence-corrected chi connectivity index (χ3v) is 7.11. The van der Waals surface area contributed by atoms with Crippen molar-refractivity contribution in [3.63, 3.8) is 0 Å². The molecular formula is C41H55NO4Ti. The van der Waals surface area contributed by atoms with Crippen molar-refractivity contribution in [3.05, 3.63) is 137 Å². The van der Waals surface area contributed by atoms with Gasteiger partial charge in [0, 0.05) is 51.3 Å². The summed E-state index contributed by atoms with van der Waals surface area (Å²) in [5.74, 6) is 0.226. The number of aliphatic hydroxyl groups is 3. The van der Waals surface area contributed by atoms with Crippen molar-refractivity contribution >= 4 is 6.21 Å². The second-order valence-electron chi connectivity index (χ2n) is 14.2. The maximum atomic E-state index is 12.6.